The first-order chi connectivity index (χ1) is 10.1. The SMILES string of the molecule is CCC(N)Cc1c(F)cccc1SCc1ccccc1C. The van der Waals surface area contributed by atoms with Crippen LogP contribution in [-0.2, 0) is 12.2 Å². The van der Waals surface area contributed by atoms with Crippen molar-refractivity contribution in [1.29, 1.82) is 0 Å². The van der Waals surface area contributed by atoms with Crippen molar-refractivity contribution in [3.63, 3.8) is 0 Å². The normalized spacial score (nSPS) is 12.4. The molecule has 21 heavy (non-hydrogen) atoms. The molecule has 0 saturated carbocycles. The van der Waals surface area contributed by atoms with Crippen molar-refractivity contribution < 1.29 is 4.39 Å². The molecule has 0 saturated heterocycles. The molecule has 0 spiro atoms. The zero-order chi connectivity index (χ0) is 15.2. The summed E-state index contributed by atoms with van der Waals surface area (Å²) in [6, 6.07) is 13.6. The Morgan fingerprint density at radius 2 is 1.90 bits per heavy atom. The monoisotopic (exact) mass is 303 g/mol. The van der Waals surface area contributed by atoms with Crippen LogP contribution in [0.2, 0.25) is 0 Å². The Hall–Kier alpha value is -1.32. The van der Waals surface area contributed by atoms with Crippen LogP contribution in [0, 0.1) is 12.7 Å². The molecule has 112 valence electrons. The van der Waals surface area contributed by atoms with Gasteiger partial charge in [-0.3, -0.25) is 0 Å². The fourth-order valence-corrected chi connectivity index (χ4v) is 3.37. The van der Waals surface area contributed by atoms with E-state index in [-0.39, 0.29) is 11.9 Å². The van der Waals surface area contributed by atoms with E-state index in [0.717, 1.165) is 22.6 Å². The maximum Gasteiger partial charge on any atom is 0.127 e. The molecule has 0 aliphatic carbocycles. The van der Waals surface area contributed by atoms with Crippen LogP contribution in [0.4, 0.5) is 4.39 Å². The molecule has 2 rings (SSSR count). The predicted octanol–water partition coefficient (Wildman–Crippen LogP) is 4.71. The third kappa shape index (κ3) is 4.32. The fourth-order valence-electron chi connectivity index (χ4n) is 2.21. The minimum absolute atomic E-state index is 0.0136. The van der Waals surface area contributed by atoms with Gasteiger partial charge in [0.2, 0.25) is 0 Å². The van der Waals surface area contributed by atoms with Gasteiger partial charge in [0.15, 0.2) is 0 Å². The number of rotatable bonds is 6. The maximum atomic E-state index is 14.1. The Bertz CT molecular complexity index is 598. The van der Waals surface area contributed by atoms with E-state index in [4.69, 9.17) is 5.73 Å². The zero-order valence-electron chi connectivity index (χ0n) is 12.6. The molecule has 2 aromatic carbocycles. The lowest BCUT2D eigenvalue weighted by Gasteiger charge is -2.14. The maximum absolute atomic E-state index is 14.1. The van der Waals surface area contributed by atoms with Gasteiger partial charge in [0, 0.05) is 22.3 Å². The molecular formula is C18H22FNS. The lowest BCUT2D eigenvalue weighted by molar-refractivity contribution is 0.571. The van der Waals surface area contributed by atoms with Crippen LogP contribution < -0.4 is 5.73 Å². The highest BCUT2D eigenvalue weighted by molar-refractivity contribution is 7.98. The standard InChI is InChI=1S/C18H22FNS/c1-3-15(20)11-16-17(19)9-6-10-18(16)21-12-14-8-5-4-7-13(14)2/h4-10,15H,3,11-12,20H2,1-2H3. The van der Waals surface area contributed by atoms with Crippen molar-refractivity contribution in [3.05, 3.63) is 65.0 Å². The molecule has 0 fully saturated rings. The second-order valence-corrected chi connectivity index (χ2v) is 6.32. The van der Waals surface area contributed by atoms with Crippen LogP contribution in [0.1, 0.15) is 30.0 Å². The van der Waals surface area contributed by atoms with E-state index in [1.165, 1.54) is 17.2 Å². The Morgan fingerprint density at radius 1 is 1.14 bits per heavy atom. The predicted molar refractivity (Wildman–Crippen MR) is 89.1 cm³/mol. The fraction of sp³-hybridized carbons (Fsp3) is 0.333. The van der Waals surface area contributed by atoms with Crippen molar-refractivity contribution in [2.24, 2.45) is 5.73 Å². The number of hydrogen-bond acceptors (Lipinski definition) is 2. The molecular weight excluding hydrogens is 281 g/mol. The molecule has 0 aliphatic heterocycles. The topological polar surface area (TPSA) is 26.0 Å². The van der Waals surface area contributed by atoms with Crippen LogP contribution in [0.3, 0.4) is 0 Å². The summed E-state index contributed by atoms with van der Waals surface area (Å²) < 4.78 is 14.1. The number of hydrogen-bond donors (Lipinski definition) is 1. The number of benzene rings is 2. The summed E-state index contributed by atoms with van der Waals surface area (Å²) in [6.07, 6.45) is 1.45. The first-order valence-electron chi connectivity index (χ1n) is 7.32. The van der Waals surface area contributed by atoms with Gasteiger partial charge in [0.05, 0.1) is 0 Å². The van der Waals surface area contributed by atoms with E-state index in [1.54, 1.807) is 17.8 Å². The molecule has 0 bridgehead atoms. The molecule has 2 aromatic rings. The molecule has 0 amide bonds. The van der Waals surface area contributed by atoms with Crippen LogP contribution in [0.5, 0.6) is 0 Å². The molecule has 0 radical (unpaired) electrons. The van der Waals surface area contributed by atoms with Gasteiger partial charge in [-0.1, -0.05) is 37.3 Å². The Balaban J connectivity index is 2.16. The minimum atomic E-state index is -0.145. The summed E-state index contributed by atoms with van der Waals surface area (Å²) in [4.78, 5) is 1.00. The van der Waals surface area contributed by atoms with Crippen LogP contribution in [-0.4, -0.2) is 6.04 Å². The average molecular weight is 303 g/mol. The van der Waals surface area contributed by atoms with Crippen molar-refractivity contribution >= 4 is 11.8 Å². The summed E-state index contributed by atoms with van der Waals surface area (Å²) in [7, 11) is 0. The highest BCUT2D eigenvalue weighted by atomic mass is 32.2. The van der Waals surface area contributed by atoms with Gasteiger partial charge < -0.3 is 5.73 Å². The molecule has 0 aromatic heterocycles. The van der Waals surface area contributed by atoms with Gasteiger partial charge in [0.25, 0.3) is 0 Å². The molecule has 1 nitrogen and oxygen atoms in total. The number of thioether (sulfide) groups is 1. The third-order valence-electron chi connectivity index (χ3n) is 3.71. The smallest absolute Gasteiger partial charge is 0.127 e. The molecule has 3 heteroatoms. The second-order valence-electron chi connectivity index (χ2n) is 5.30. The van der Waals surface area contributed by atoms with E-state index in [2.05, 4.69) is 19.1 Å². The van der Waals surface area contributed by atoms with Gasteiger partial charge >= 0.3 is 0 Å². The first-order valence-corrected chi connectivity index (χ1v) is 8.30. The highest BCUT2D eigenvalue weighted by Crippen LogP contribution is 2.29. The molecule has 2 N–H and O–H groups in total. The van der Waals surface area contributed by atoms with Gasteiger partial charge in [-0.15, -0.1) is 11.8 Å². The molecule has 1 atom stereocenters. The second kappa shape index (κ2) is 7.62. The van der Waals surface area contributed by atoms with Gasteiger partial charge in [-0.05, 0) is 43.0 Å². The van der Waals surface area contributed by atoms with Gasteiger partial charge in [0.1, 0.15) is 5.82 Å². The lowest BCUT2D eigenvalue weighted by atomic mass is 10.0. The van der Waals surface area contributed by atoms with E-state index in [9.17, 15) is 4.39 Å². The number of aryl methyl sites for hydroxylation is 1. The van der Waals surface area contributed by atoms with Crippen molar-refractivity contribution in [2.45, 2.75) is 43.4 Å². The van der Waals surface area contributed by atoms with Crippen LogP contribution >= 0.6 is 11.8 Å². The number of nitrogens with two attached hydrogens (primary N) is 1. The van der Waals surface area contributed by atoms with E-state index in [0.29, 0.717) is 6.42 Å². The van der Waals surface area contributed by atoms with Gasteiger partial charge in [-0.25, -0.2) is 4.39 Å². The summed E-state index contributed by atoms with van der Waals surface area (Å²) in [5, 5.41) is 0. The Kier molecular flexibility index (Phi) is 5.83. The number of halogens is 1. The Morgan fingerprint density at radius 3 is 2.62 bits per heavy atom. The van der Waals surface area contributed by atoms with Crippen molar-refractivity contribution in [1.82, 2.24) is 0 Å². The average Bonchev–Trinajstić information content (AvgIpc) is 2.49. The quantitative estimate of drug-likeness (QED) is 0.782. The minimum Gasteiger partial charge on any atom is -0.327 e. The van der Waals surface area contributed by atoms with E-state index < -0.39 is 0 Å². The molecule has 0 aliphatic rings. The molecule has 0 heterocycles. The summed E-state index contributed by atoms with van der Waals surface area (Å²) in [5.41, 5.74) is 9.31. The zero-order valence-corrected chi connectivity index (χ0v) is 13.4. The largest absolute Gasteiger partial charge is 0.327 e. The van der Waals surface area contributed by atoms with Gasteiger partial charge in [-0.2, -0.15) is 0 Å². The molecule has 1 unspecified atom stereocenters. The van der Waals surface area contributed by atoms with Crippen LogP contribution in [0.15, 0.2) is 47.4 Å². The third-order valence-corrected chi connectivity index (χ3v) is 4.86. The Labute approximate surface area is 130 Å². The summed E-state index contributed by atoms with van der Waals surface area (Å²) >= 11 is 1.69. The highest BCUT2D eigenvalue weighted by Gasteiger charge is 2.12. The van der Waals surface area contributed by atoms with Crippen molar-refractivity contribution in [2.75, 3.05) is 0 Å². The first kappa shape index (κ1) is 16.1. The van der Waals surface area contributed by atoms with E-state index in [1.807, 2.05) is 25.1 Å². The van der Waals surface area contributed by atoms with Crippen molar-refractivity contribution in [3.8, 4) is 0 Å². The lowest BCUT2D eigenvalue weighted by Crippen LogP contribution is -2.22. The van der Waals surface area contributed by atoms with Crippen LogP contribution in [0.25, 0.3) is 0 Å². The van der Waals surface area contributed by atoms with E-state index >= 15 is 0 Å². The summed E-state index contributed by atoms with van der Waals surface area (Å²) in [6.45, 7) is 4.14. The summed E-state index contributed by atoms with van der Waals surface area (Å²) in [5.74, 6) is 0.707.